The zero-order valence-electron chi connectivity index (χ0n) is 15.2. The molecule has 0 saturated carbocycles. The fraction of sp³-hybridized carbons (Fsp3) is 0.526. The van der Waals surface area contributed by atoms with Crippen LogP contribution in [0.4, 0.5) is 0 Å². The van der Waals surface area contributed by atoms with Gasteiger partial charge in [0.05, 0.1) is 17.7 Å². The highest BCUT2D eigenvalue weighted by molar-refractivity contribution is 5.87. The van der Waals surface area contributed by atoms with Crippen LogP contribution in [0.15, 0.2) is 18.2 Å². The molecule has 0 radical (unpaired) electrons. The first-order valence-electron chi connectivity index (χ1n) is 8.73. The molecule has 0 bridgehead atoms. The predicted octanol–water partition coefficient (Wildman–Crippen LogP) is 1.26. The van der Waals surface area contributed by atoms with E-state index in [0.29, 0.717) is 29.8 Å². The Balaban J connectivity index is 1.92. The monoisotopic (exact) mass is 357 g/mol. The number of carbonyl (C=O) groups is 2. The largest absolute Gasteiger partial charge is 0.485 e. The average Bonchev–Trinajstić information content (AvgIpc) is 3.08. The fourth-order valence-electron chi connectivity index (χ4n) is 3.69. The molecular formula is C19H23N3O4. The van der Waals surface area contributed by atoms with Crippen LogP contribution in [0.3, 0.4) is 0 Å². The maximum Gasteiger partial charge on any atom is 0.243 e. The lowest BCUT2D eigenvalue weighted by Gasteiger charge is -2.42. The fourth-order valence-corrected chi connectivity index (χ4v) is 3.69. The molecule has 2 aliphatic rings. The van der Waals surface area contributed by atoms with Gasteiger partial charge in [0.15, 0.2) is 0 Å². The average molecular weight is 357 g/mol. The molecule has 7 heteroatoms. The van der Waals surface area contributed by atoms with Gasteiger partial charge < -0.3 is 20.1 Å². The summed E-state index contributed by atoms with van der Waals surface area (Å²) in [7, 11) is 0. The van der Waals surface area contributed by atoms with Gasteiger partial charge in [-0.05, 0) is 44.9 Å². The number of aliphatic hydroxyl groups excluding tert-OH is 1. The van der Waals surface area contributed by atoms with Crippen LogP contribution in [-0.4, -0.2) is 46.1 Å². The van der Waals surface area contributed by atoms with E-state index in [1.54, 1.807) is 36.9 Å². The van der Waals surface area contributed by atoms with Gasteiger partial charge in [-0.3, -0.25) is 9.59 Å². The van der Waals surface area contributed by atoms with Crippen molar-refractivity contribution in [3.05, 3.63) is 29.3 Å². The molecule has 1 aromatic rings. The Bertz CT molecular complexity index is 783. The lowest BCUT2D eigenvalue weighted by atomic mass is 9.85. The topological polar surface area (TPSA) is 103 Å². The number of rotatable bonds is 2. The Morgan fingerprint density at radius 2 is 2.15 bits per heavy atom. The molecule has 3 rings (SSSR count). The summed E-state index contributed by atoms with van der Waals surface area (Å²) in [6, 6.07) is 5.75. The number of hydrogen-bond acceptors (Lipinski definition) is 5. The number of fused-ring (bicyclic) bond motifs is 1. The molecular weight excluding hydrogens is 334 g/mol. The van der Waals surface area contributed by atoms with Crippen molar-refractivity contribution in [1.82, 2.24) is 10.2 Å². The van der Waals surface area contributed by atoms with E-state index in [9.17, 15) is 14.7 Å². The van der Waals surface area contributed by atoms with Crippen LogP contribution in [0.1, 0.15) is 50.8 Å². The van der Waals surface area contributed by atoms with Gasteiger partial charge in [-0.1, -0.05) is 0 Å². The lowest BCUT2D eigenvalue weighted by Crippen LogP contribution is -2.56. The minimum Gasteiger partial charge on any atom is -0.485 e. The molecule has 2 heterocycles. The highest BCUT2D eigenvalue weighted by Crippen LogP contribution is 2.40. The molecule has 7 nitrogen and oxygen atoms in total. The van der Waals surface area contributed by atoms with E-state index >= 15 is 0 Å². The zero-order chi connectivity index (χ0) is 19.1. The second-order valence-corrected chi connectivity index (χ2v) is 7.37. The highest BCUT2D eigenvalue weighted by atomic mass is 16.5. The molecule has 138 valence electrons. The van der Waals surface area contributed by atoms with E-state index in [1.165, 1.54) is 6.92 Å². The molecule has 0 aliphatic carbocycles. The van der Waals surface area contributed by atoms with Gasteiger partial charge in [-0.2, -0.15) is 5.26 Å². The van der Waals surface area contributed by atoms with Crippen molar-refractivity contribution < 1.29 is 19.4 Å². The van der Waals surface area contributed by atoms with E-state index < -0.39 is 23.8 Å². The van der Waals surface area contributed by atoms with Gasteiger partial charge in [-0.15, -0.1) is 0 Å². The summed E-state index contributed by atoms with van der Waals surface area (Å²) in [5.41, 5.74) is 0.0797. The quantitative estimate of drug-likeness (QED) is 0.829. The van der Waals surface area contributed by atoms with Crippen LogP contribution < -0.4 is 10.1 Å². The van der Waals surface area contributed by atoms with Crippen LogP contribution in [-0.2, 0) is 9.59 Å². The van der Waals surface area contributed by atoms with E-state index in [1.807, 2.05) is 0 Å². The van der Waals surface area contributed by atoms with Gasteiger partial charge in [0.2, 0.25) is 11.8 Å². The Labute approximate surface area is 152 Å². The molecule has 1 aromatic carbocycles. The predicted molar refractivity (Wildman–Crippen MR) is 93.2 cm³/mol. The number of nitriles is 1. The number of benzene rings is 1. The smallest absolute Gasteiger partial charge is 0.243 e. The summed E-state index contributed by atoms with van der Waals surface area (Å²) < 4.78 is 5.85. The van der Waals surface area contributed by atoms with Crippen molar-refractivity contribution in [2.24, 2.45) is 0 Å². The van der Waals surface area contributed by atoms with E-state index in [4.69, 9.17) is 10.00 Å². The lowest BCUT2D eigenvalue weighted by molar-refractivity contribution is -0.138. The van der Waals surface area contributed by atoms with Crippen molar-refractivity contribution >= 4 is 11.8 Å². The molecule has 0 aromatic heterocycles. The minimum atomic E-state index is -1.000. The first-order valence-corrected chi connectivity index (χ1v) is 8.73. The number of aliphatic hydroxyl groups is 1. The molecule has 2 N–H and O–H groups in total. The minimum absolute atomic E-state index is 0.136. The second kappa shape index (κ2) is 6.61. The van der Waals surface area contributed by atoms with Gasteiger partial charge in [0.25, 0.3) is 0 Å². The zero-order valence-corrected chi connectivity index (χ0v) is 15.2. The Morgan fingerprint density at radius 1 is 1.42 bits per heavy atom. The Morgan fingerprint density at radius 3 is 2.81 bits per heavy atom. The molecule has 1 saturated heterocycles. The summed E-state index contributed by atoms with van der Waals surface area (Å²) in [6.45, 7) is 5.50. The number of nitrogens with one attached hydrogen (secondary N) is 1. The molecule has 2 aliphatic heterocycles. The molecule has 1 fully saturated rings. The molecule has 3 atom stereocenters. The molecule has 3 unspecified atom stereocenters. The van der Waals surface area contributed by atoms with E-state index in [0.717, 1.165) is 6.42 Å². The third-order valence-electron chi connectivity index (χ3n) is 5.13. The standard InChI is InChI=1S/C19H23N3O4/c1-11(23)22-8-4-5-14(22)18(25)21-16-13-9-12(10-20)6-7-15(13)26-19(2,3)17(16)24/h6-7,9,14,16-17,24H,4-5,8H2,1-3H3,(H,21,25). The third-order valence-corrected chi connectivity index (χ3v) is 5.13. The summed E-state index contributed by atoms with van der Waals surface area (Å²) in [4.78, 5) is 26.1. The molecule has 26 heavy (non-hydrogen) atoms. The Hall–Kier alpha value is -2.59. The van der Waals surface area contributed by atoms with Gasteiger partial charge in [-0.25, -0.2) is 0 Å². The van der Waals surface area contributed by atoms with Crippen molar-refractivity contribution in [2.75, 3.05) is 6.54 Å². The summed E-state index contributed by atoms with van der Waals surface area (Å²) >= 11 is 0. The van der Waals surface area contributed by atoms with Crippen LogP contribution in [0, 0.1) is 11.3 Å². The number of hydrogen-bond donors (Lipinski definition) is 2. The van der Waals surface area contributed by atoms with Crippen LogP contribution >= 0.6 is 0 Å². The van der Waals surface area contributed by atoms with Crippen molar-refractivity contribution in [3.8, 4) is 11.8 Å². The van der Waals surface area contributed by atoms with Crippen molar-refractivity contribution in [3.63, 3.8) is 0 Å². The second-order valence-electron chi connectivity index (χ2n) is 7.37. The van der Waals surface area contributed by atoms with Crippen LogP contribution in [0.2, 0.25) is 0 Å². The van der Waals surface area contributed by atoms with E-state index in [-0.39, 0.29) is 11.8 Å². The highest BCUT2D eigenvalue weighted by Gasteiger charge is 2.45. The normalized spacial score (nSPS) is 26.4. The maximum absolute atomic E-state index is 12.8. The SMILES string of the molecule is CC(=O)N1CCCC1C(=O)NC1c2cc(C#N)ccc2OC(C)(C)C1O. The maximum atomic E-state index is 12.8. The molecule has 2 amide bonds. The van der Waals surface area contributed by atoms with Crippen LogP contribution in [0.25, 0.3) is 0 Å². The summed E-state index contributed by atoms with van der Waals surface area (Å²) in [6.07, 6.45) is 0.369. The van der Waals surface area contributed by atoms with Gasteiger partial charge in [0.1, 0.15) is 23.5 Å². The number of amides is 2. The summed E-state index contributed by atoms with van der Waals surface area (Å²) in [5.74, 6) is 0.0925. The van der Waals surface area contributed by atoms with E-state index in [2.05, 4.69) is 11.4 Å². The first-order chi connectivity index (χ1) is 12.2. The van der Waals surface area contributed by atoms with Crippen LogP contribution in [0.5, 0.6) is 5.75 Å². The van der Waals surface area contributed by atoms with Crippen molar-refractivity contribution in [1.29, 1.82) is 5.26 Å². The van der Waals surface area contributed by atoms with Gasteiger partial charge >= 0.3 is 0 Å². The Kier molecular flexibility index (Phi) is 4.63. The number of nitrogens with zero attached hydrogens (tertiary/aromatic N) is 2. The first kappa shape index (κ1) is 18.2. The summed E-state index contributed by atoms with van der Waals surface area (Å²) in [5, 5.41) is 22.8. The van der Waals surface area contributed by atoms with Gasteiger partial charge in [0, 0.05) is 19.0 Å². The number of carbonyl (C=O) groups excluding carboxylic acids is 2. The molecule has 0 spiro atoms. The number of likely N-dealkylation sites (tertiary alicyclic amines) is 1. The third kappa shape index (κ3) is 3.13. The number of ether oxygens (including phenoxy) is 1. The van der Waals surface area contributed by atoms with Crippen molar-refractivity contribution in [2.45, 2.75) is 57.4 Å².